The van der Waals surface area contributed by atoms with Gasteiger partial charge in [-0.15, -0.1) is 0 Å². The Hall–Kier alpha value is -3.40. The number of hydrogen-bond acceptors (Lipinski definition) is 3. The van der Waals surface area contributed by atoms with Crippen molar-refractivity contribution >= 4 is 33.1 Å². The van der Waals surface area contributed by atoms with Crippen LogP contribution in [0.1, 0.15) is 30.9 Å². The van der Waals surface area contributed by atoms with Crippen LogP contribution in [0.5, 0.6) is 5.75 Å². The molecule has 0 bridgehead atoms. The Morgan fingerprint density at radius 3 is 2.50 bits per heavy atom. The van der Waals surface area contributed by atoms with E-state index in [0.29, 0.717) is 6.54 Å². The molecule has 5 aromatic rings. The van der Waals surface area contributed by atoms with Gasteiger partial charge in [-0.3, -0.25) is 0 Å². The first kappa shape index (κ1) is 18.6. The zero-order valence-electron chi connectivity index (χ0n) is 17.4. The topological polar surface area (TPSA) is 39.9 Å². The largest absolute Gasteiger partial charge is 0.493 e. The third-order valence-corrected chi connectivity index (χ3v) is 5.56. The van der Waals surface area contributed by atoms with E-state index >= 15 is 0 Å². The van der Waals surface area contributed by atoms with E-state index in [-0.39, 0.29) is 0 Å². The molecule has 0 N–H and O–H groups in total. The Morgan fingerprint density at radius 2 is 1.67 bits per heavy atom. The molecule has 0 aliphatic rings. The van der Waals surface area contributed by atoms with E-state index in [1.165, 1.54) is 5.56 Å². The summed E-state index contributed by atoms with van der Waals surface area (Å²) in [4.78, 5) is 9.98. The van der Waals surface area contributed by atoms with Crippen LogP contribution in [0.15, 0.2) is 66.7 Å². The summed E-state index contributed by atoms with van der Waals surface area (Å²) in [7, 11) is 0. The summed E-state index contributed by atoms with van der Waals surface area (Å²) in [5.74, 6) is 0.946. The van der Waals surface area contributed by atoms with Crippen molar-refractivity contribution in [2.45, 2.75) is 33.2 Å². The van der Waals surface area contributed by atoms with Gasteiger partial charge in [0.25, 0.3) is 0 Å². The average molecular weight is 396 g/mol. The number of benzene rings is 3. The van der Waals surface area contributed by atoms with Gasteiger partial charge in [0, 0.05) is 10.9 Å². The van der Waals surface area contributed by atoms with Crippen molar-refractivity contribution in [2.24, 2.45) is 0 Å². The minimum Gasteiger partial charge on any atom is -0.493 e. The number of aryl methyl sites for hydroxylation is 1. The van der Waals surface area contributed by atoms with Crippen LogP contribution >= 0.6 is 0 Å². The second-order valence-electron chi connectivity index (χ2n) is 7.80. The van der Waals surface area contributed by atoms with Gasteiger partial charge in [0.15, 0.2) is 5.65 Å². The van der Waals surface area contributed by atoms with Crippen LogP contribution in [0.25, 0.3) is 33.1 Å². The zero-order chi connectivity index (χ0) is 20.5. The van der Waals surface area contributed by atoms with Crippen molar-refractivity contribution in [3.63, 3.8) is 0 Å². The van der Waals surface area contributed by atoms with Gasteiger partial charge in [0.1, 0.15) is 11.3 Å². The molecule has 150 valence electrons. The third-order valence-electron chi connectivity index (χ3n) is 5.56. The first-order valence-corrected chi connectivity index (χ1v) is 10.6. The lowest BCUT2D eigenvalue weighted by Crippen LogP contribution is -2.05. The average Bonchev–Trinajstić information content (AvgIpc) is 3.05. The quantitative estimate of drug-likeness (QED) is 0.318. The standard InChI is InChI=1S/C26H25N3O/c1-3-4-15-30-24-12-8-5-9-19(24)17-29-23-14-13-18(2)16-20(23)25-26(29)28-22-11-7-6-10-21(22)27-25/h5-14,16H,3-4,15,17H2,1-2H3. The van der Waals surface area contributed by atoms with Crippen LogP contribution in [0.3, 0.4) is 0 Å². The molecule has 0 aliphatic heterocycles. The molecule has 2 heterocycles. The summed E-state index contributed by atoms with van der Waals surface area (Å²) in [5, 5.41) is 1.15. The summed E-state index contributed by atoms with van der Waals surface area (Å²) in [5.41, 5.74) is 7.23. The molecule has 0 unspecified atom stereocenters. The van der Waals surface area contributed by atoms with Gasteiger partial charge in [0.05, 0.1) is 29.7 Å². The number of rotatable bonds is 6. The molecule has 0 fully saturated rings. The lowest BCUT2D eigenvalue weighted by molar-refractivity contribution is 0.306. The molecular weight excluding hydrogens is 370 g/mol. The molecule has 0 saturated heterocycles. The van der Waals surface area contributed by atoms with Crippen molar-refractivity contribution in [3.8, 4) is 5.75 Å². The van der Waals surface area contributed by atoms with E-state index in [0.717, 1.165) is 63.9 Å². The van der Waals surface area contributed by atoms with E-state index in [9.17, 15) is 0 Å². The smallest absolute Gasteiger partial charge is 0.160 e. The third kappa shape index (κ3) is 3.28. The van der Waals surface area contributed by atoms with Crippen LogP contribution in [0.2, 0.25) is 0 Å². The second-order valence-corrected chi connectivity index (χ2v) is 7.80. The summed E-state index contributed by atoms with van der Waals surface area (Å²) in [6, 6.07) is 22.9. The normalized spacial score (nSPS) is 11.5. The highest BCUT2D eigenvalue weighted by Crippen LogP contribution is 2.31. The summed E-state index contributed by atoms with van der Waals surface area (Å²) in [6.07, 6.45) is 2.18. The predicted octanol–water partition coefficient (Wildman–Crippen LogP) is 6.27. The van der Waals surface area contributed by atoms with Crippen molar-refractivity contribution in [3.05, 3.63) is 77.9 Å². The minimum atomic E-state index is 0.693. The Kier molecular flexibility index (Phi) is 4.83. The molecule has 0 radical (unpaired) electrons. The van der Waals surface area contributed by atoms with Crippen LogP contribution in [-0.4, -0.2) is 21.1 Å². The van der Waals surface area contributed by atoms with E-state index < -0.39 is 0 Å². The number of para-hydroxylation sites is 3. The molecule has 5 rings (SSSR count). The maximum Gasteiger partial charge on any atom is 0.160 e. The number of hydrogen-bond donors (Lipinski definition) is 0. The monoisotopic (exact) mass is 395 g/mol. The Balaban J connectivity index is 1.69. The first-order valence-electron chi connectivity index (χ1n) is 10.6. The van der Waals surface area contributed by atoms with Crippen LogP contribution in [0, 0.1) is 6.92 Å². The number of ether oxygens (including phenoxy) is 1. The summed E-state index contributed by atoms with van der Waals surface area (Å²) < 4.78 is 8.36. The molecule has 0 saturated carbocycles. The fraction of sp³-hybridized carbons (Fsp3) is 0.231. The highest BCUT2D eigenvalue weighted by Gasteiger charge is 2.16. The first-order chi connectivity index (χ1) is 14.7. The predicted molar refractivity (Wildman–Crippen MR) is 123 cm³/mol. The molecule has 0 atom stereocenters. The van der Waals surface area contributed by atoms with Gasteiger partial charge in [-0.05, 0) is 43.7 Å². The van der Waals surface area contributed by atoms with Gasteiger partial charge in [-0.1, -0.05) is 55.3 Å². The lowest BCUT2D eigenvalue weighted by Gasteiger charge is -2.13. The zero-order valence-corrected chi connectivity index (χ0v) is 17.4. The van der Waals surface area contributed by atoms with Gasteiger partial charge in [-0.2, -0.15) is 0 Å². The molecular formula is C26H25N3O. The van der Waals surface area contributed by atoms with E-state index in [1.54, 1.807) is 0 Å². The van der Waals surface area contributed by atoms with E-state index in [4.69, 9.17) is 14.7 Å². The summed E-state index contributed by atoms with van der Waals surface area (Å²) >= 11 is 0. The highest BCUT2D eigenvalue weighted by atomic mass is 16.5. The Bertz CT molecular complexity index is 1350. The van der Waals surface area contributed by atoms with Crippen molar-refractivity contribution < 1.29 is 4.74 Å². The maximum atomic E-state index is 6.09. The van der Waals surface area contributed by atoms with Crippen molar-refractivity contribution in [1.82, 2.24) is 14.5 Å². The van der Waals surface area contributed by atoms with Gasteiger partial charge in [-0.25, -0.2) is 9.97 Å². The Morgan fingerprint density at radius 1 is 0.900 bits per heavy atom. The van der Waals surface area contributed by atoms with Crippen molar-refractivity contribution in [2.75, 3.05) is 6.61 Å². The second kappa shape index (κ2) is 7.79. The van der Waals surface area contributed by atoms with Gasteiger partial charge >= 0.3 is 0 Å². The molecule has 2 aromatic heterocycles. The van der Waals surface area contributed by atoms with E-state index in [2.05, 4.69) is 54.8 Å². The Labute approximate surface area is 176 Å². The highest BCUT2D eigenvalue weighted by molar-refractivity contribution is 6.06. The van der Waals surface area contributed by atoms with Gasteiger partial charge in [0.2, 0.25) is 0 Å². The minimum absolute atomic E-state index is 0.693. The molecule has 4 nitrogen and oxygen atoms in total. The van der Waals surface area contributed by atoms with Gasteiger partial charge < -0.3 is 9.30 Å². The number of nitrogens with zero attached hydrogens (tertiary/aromatic N) is 3. The molecule has 0 aliphatic carbocycles. The number of unbranched alkanes of at least 4 members (excludes halogenated alkanes) is 1. The van der Waals surface area contributed by atoms with Crippen LogP contribution < -0.4 is 4.74 Å². The number of aromatic nitrogens is 3. The van der Waals surface area contributed by atoms with E-state index in [1.807, 2.05) is 30.3 Å². The maximum absolute atomic E-state index is 6.09. The molecule has 0 spiro atoms. The van der Waals surface area contributed by atoms with Crippen molar-refractivity contribution in [1.29, 1.82) is 0 Å². The number of fused-ring (bicyclic) bond motifs is 4. The summed E-state index contributed by atoms with van der Waals surface area (Å²) in [6.45, 7) is 5.73. The molecule has 3 aromatic carbocycles. The molecule has 4 heteroatoms. The van der Waals surface area contributed by atoms with Crippen LogP contribution in [-0.2, 0) is 6.54 Å². The molecule has 30 heavy (non-hydrogen) atoms. The fourth-order valence-electron chi connectivity index (χ4n) is 3.98. The molecule has 0 amide bonds. The van der Waals surface area contributed by atoms with Crippen LogP contribution in [0.4, 0.5) is 0 Å². The fourth-order valence-corrected chi connectivity index (χ4v) is 3.98. The SMILES string of the molecule is CCCCOc1ccccc1Cn1c2ccc(C)cc2c2nc3ccccc3nc21. The lowest BCUT2D eigenvalue weighted by atomic mass is 10.1.